The molecule has 0 radical (unpaired) electrons. The summed E-state index contributed by atoms with van der Waals surface area (Å²) in [6, 6.07) is 4.44. The van der Waals surface area contributed by atoms with Crippen LogP contribution in [0.2, 0.25) is 0 Å². The molecule has 0 N–H and O–H groups in total. The predicted octanol–water partition coefficient (Wildman–Crippen LogP) is 5.87. The third-order valence-electron chi connectivity index (χ3n) is 7.49. The number of Topliss-reactive ketones (excluding diaryl/α,β-unsaturated/α-hetero) is 3. The van der Waals surface area contributed by atoms with Crippen molar-refractivity contribution in [3.63, 3.8) is 0 Å². The van der Waals surface area contributed by atoms with Crippen LogP contribution in [-0.4, -0.2) is 110 Å². The zero-order valence-electron chi connectivity index (χ0n) is 38.3. The molecule has 0 saturated heterocycles. The maximum atomic E-state index is 12.2. The molecule has 1 aromatic rings. The van der Waals surface area contributed by atoms with E-state index >= 15 is 0 Å². The fourth-order valence-corrected chi connectivity index (χ4v) is 5.11. The largest absolute Gasteiger partial charge is 0.490 e. The van der Waals surface area contributed by atoms with Gasteiger partial charge in [-0.15, -0.1) is 0 Å². The van der Waals surface area contributed by atoms with Crippen LogP contribution in [0, 0.1) is 0 Å². The third kappa shape index (κ3) is 31.9. The summed E-state index contributed by atoms with van der Waals surface area (Å²) in [6.07, 6.45) is -0.606. The maximum Gasteiger partial charge on any atom is 0.313 e. The van der Waals surface area contributed by atoms with Gasteiger partial charge in [0.05, 0.1) is 0 Å². The van der Waals surface area contributed by atoms with Crippen molar-refractivity contribution < 1.29 is 85.8 Å². The van der Waals surface area contributed by atoms with Gasteiger partial charge in [-0.2, -0.15) is 0 Å². The fourth-order valence-electron chi connectivity index (χ4n) is 5.11. The van der Waals surface area contributed by atoms with Crippen molar-refractivity contribution in [2.75, 3.05) is 39.6 Å². The summed E-state index contributed by atoms with van der Waals surface area (Å²) in [5, 5.41) is 0. The molecule has 354 valence electrons. The lowest BCUT2D eigenvalue weighted by Gasteiger charge is -2.19. The summed E-state index contributed by atoms with van der Waals surface area (Å²) >= 11 is 0. The van der Waals surface area contributed by atoms with Gasteiger partial charge in [-0.25, -0.2) is 0 Å². The van der Waals surface area contributed by atoms with E-state index in [0.29, 0.717) is 0 Å². The highest BCUT2D eigenvalue weighted by atomic mass is 16.6. The second-order valence-corrected chi connectivity index (χ2v) is 17.3. The smallest absolute Gasteiger partial charge is 0.313 e. The van der Waals surface area contributed by atoms with Crippen LogP contribution >= 0.6 is 0 Å². The van der Waals surface area contributed by atoms with E-state index in [-0.39, 0.29) is 115 Å². The Labute approximate surface area is 369 Å². The molecular weight excluding hydrogens is 828 g/mol. The van der Waals surface area contributed by atoms with Crippen LogP contribution in [0.1, 0.15) is 139 Å². The number of rotatable bonds is 30. The van der Waals surface area contributed by atoms with Crippen LogP contribution in [0.25, 0.3) is 0 Å². The van der Waals surface area contributed by atoms with Gasteiger partial charge in [-0.3, -0.25) is 43.2 Å². The number of esters is 6. The first-order valence-corrected chi connectivity index (χ1v) is 21.0. The number of ketones is 3. The first-order chi connectivity index (χ1) is 29.3. The molecule has 1 rings (SSSR count). The van der Waals surface area contributed by atoms with Crippen LogP contribution in [0.3, 0.4) is 0 Å². The molecule has 0 bridgehead atoms. The maximum absolute atomic E-state index is 12.2. The average Bonchev–Trinajstić information content (AvgIpc) is 3.11. The normalized spacial score (nSPS) is 11.4. The first-order valence-electron chi connectivity index (χ1n) is 21.0. The Morgan fingerprint density at radius 3 is 0.810 bits per heavy atom. The van der Waals surface area contributed by atoms with E-state index in [1.54, 1.807) is 62.3 Å². The lowest BCUT2D eigenvalue weighted by molar-refractivity contribution is -0.156. The van der Waals surface area contributed by atoms with Crippen LogP contribution in [0.4, 0.5) is 0 Å². The fraction of sp³-hybridized carbons (Fsp3) is 0.667. The quantitative estimate of drug-likeness (QED) is 0.0380. The van der Waals surface area contributed by atoms with Gasteiger partial charge in [0.15, 0.2) is 0 Å². The molecule has 0 saturated carbocycles. The Bertz CT molecular complexity index is 1490. The monoisotopic (exact) mass is 894 g/mol. The summed E-state index contributed by atoms with van der Waals surface area (Å²) in [5.74, 6) is -4.17. The average molecular weight is 895 g/mol. The van der Waals surface area contributed by atoms with E-state index in [9.17, 15) is 43.2 Å². The van der Waals surface area contributed by atoms with Gasteiger partial charge < -0.3 is 42.6 Å². The highest BCUT2D eigenvalue weighted by molar-refractivity contribution is 5.96. The molecule has 0 amide bonds. The van der Waals surface area contributed by atoms with E-state index in [2.05, 4.69) is 0 Å². The molecule has 0 aliphatic heterocycles. The van der Waals surface area contributed by atoms with E-state index in [1.165, 1.54) is 18.2 Å². The van der Waals surface area contributed by atoms with Crippen molar-refractivity contribution in [2.45, 2.75) is 156 Å². The number of ether oxygens (including phenoxy) is 9. The highest BCUT2D eigenvalue weighted by Crippen LogP contribution is 2.28. The molecule has 0 fully saturated rings. The first kappa shape index (κ1) is 55.5. The summed E-state index contributed by atoms with van der Waals surface area (Å²) in [4.78, 5) is 109. The molecule has 0 aliphatic carbocycles. The molecule has 1 aromatic carbocycles. The zero-order valence-corrected chi connectivity index (χ0v) is 38.3. The summed E-state index contributed by atoms with van der Waals surface area (Å²) in [5.41, 5.74) is -1.92. The van der Waals surface area contributed by atoms with Gasteiger partial charge in [-0.05, 0) is 81.6 Å². The Hall–Kier alpha value is -5.55. The second-order valence-electron chi connectivity index (χ2n) is 17.3. The lowest BCUT2D eigenvalue weighted by Crippen LogP contribution is -2.23. The summed E-state index contributed by atoms with van der Waals surface area (Å²) < 4.78 is 48.1. The Morgan fingerprint density at radius 1 is 0.349 bits per heavy atom. The molecule has 18 nitrogen and oxygen atoms in total. The minimum absolute atomic E-state index is 0.00379. The zero-order chi connectivity index (χ0) is 47.6. The van der Waals surface area contributed by atoms with Crippen LogP contribution in [0.15, 0.2) is 18.2 Å². The van der Waals surface area contributed by atoms with E-state index in [1.807, 2.05) is 0 Å². The number of hydrogen-bond acceptors (Lipinski definition) is 18. The van der Waals surface area contributed by atoms with Crippen molar-refractivity contribution >= 4 is 53.2 Å². The van der Waals surface area contributed by atoms with E-state index in [4.69, 9.17) is 42.6 Å². The second kappa shape index (κ2) is 28.2. The minimum Gasteiger partial charge on any atom is -0.490 e. The van der Waals surface area contributed by atoms with Crippen molar-refractivity contribution in [1.82, 2.24) is 0 Å². The third-order valence-corrected chi connectivity index (χ3v) is 7.49. The summed E-state index contributed by atoms with van der Waals surface area (Å²) in [7, 11) is 0. The van der Waals surface area contributed by atoms with E-state index in [0.717, 1.165) is 0 Å². The molecule has 63 heavy (non-hydrogen) atoms. The molecule has 18 heteroatoms. The molecule has 0 aromatic heterocycles. The van der Waals surface area contributed by atoms with Gasteiger partial charge in [0.1, 0.15) is 110 Å². The van der Waals surface area contributed by atoms with Crippen LogP contribution < -0.4 is 14.2 Å². The molecule has 0 spiro atoms. The van der Waals surface area contributed by atoms with Crippen molar-refractivity contribution in [3.8, 4) is 17.2 Å². The standard InChI is InChI=1S/C45H66O18/c1-43(2,3)61-37(49)16-10-13-31(46)25-40(52)58-22-19-55-34-28-35(56-20-23-59-41(53)26-32(47)14-11-17-38(50)62-44(4,5)6)30-36(29-34)57-21-24-60-42(54)27-33(48)15-12-18-39(51)63-45(7,8)9/h28-30H,10-27H2,1-9H3. The topological polar surface area (TPSA) is 237 Å². The predicted molar refractivity (Wildman–Crippen MR) is 224 cm³/mol. The molecule has 0 unspecified atom stereocenters. The lowest BCUT2D eigenvalue weighted by atomic mass is 10.1. The van der Waals surface area contributed by atoms with Gasteiger partial charge in [0.25, 0.3) is 0 Å². The molecular formula is C45H66O18. The number of carbonyl (C=O) groups excluding carboxylic acids is 9. The Kier molecular flexibility index (Phi) is 24.8. The van der Waals surface area contributed by atoms with Crippen LogP contribution in [-0.2, 0) is 71.6 Å². The van der Waals surface area contributed by atoms with Crippen molar-refractivity contribution in [2.24, 2.45) is 0 Å². The van der Waals surface area contributed by atoms with Crippen LogP contribution in [0.5, 0.6) is 17.2 Å². The molecule has 0 heterocycles. The minimum atomic E-state index is -0.768. The number of carbonyl (C=O) groups is 9. The molecule has 0 aliphatic rings. The van der Waals surface area contributed by atoms with Gasteiger partial charge in [-0.1, -0.05) is 0 Å². The number of hydrogen-bond donors (Lipinski definition) is 0. The van der Waals surface area contributed by atoms with E-state index < -0.39 is 89.2 Å². The SMILES string of the molecule is CC(C)(C)OC(=O)CCCC(=O)CC(=O)OCCOc1cc(OCCOC(=O)CC(=O)CCCC(=O)OC(C)(C)C)cc(OCCOC(=O)CC(=O)CCCC(=O)OC(C)(C)C)c1. The number of benzene rings is 1. The van der Waals surface area contributed by atoms with Gasteiger partial charge in [0, 0.05) is 56.7 Å². The Morgan fingerprint density at radius 2 is 0.587 bits per heavy atom. The van der Waals surface area contributed by atoms with Crippen molar-refractivity contribution in [3.05, 3.63) is 18.2 Å². The van der Waals surface area contributed by atoms with Crippen molar-refractivity contribution in [1.29, 1.82) is 0 Å². The van der Waals surface area contributed by atoms with Gasteiger partial charge in [0.2, 0.25) is 0 Å². The van der Waals surface area contributed by atoms with Gasteiger partial charge >= 0.3 is 35.8 Å². The summed E-state index contributed by atoms with van der Waals surface area (Å²) in [6.45, 7) is 14.6. The highest BCUT2D eigenvalue weighted by Gasteiger charge is 2.20. The Balaban J connectivity index is 2.68. The molecule has 0 atom stereocenters.